The van der Waals surface area contributed by atoms with Crippen molar-refractivity contribution in [2.24, 2.45) is 0 Å². The number of ether oxygens (including phenoxy) is 1. The van der Waals surface area contributed by atoms with E-state index < -0.39 is 12.0 Å². The molecule has 0 aliphatic carbocycles. The molecule has 0 saturated carbocycles. The smallest absolute Gasteiger partial charge is 0.325 e. The molecule has 1 rings (SSSR count). The largest absolute Gasteiger partial charge is 0.494 e. The van der Waals surface area contributed by atoms with Crippen molar-refractivity contribution < 1.29 is 19.4 Å². The van der Waals surface area contributed by atoms with Gasteiger partial charge in [-0.2, -0.15) is 0 Å². The van der Waals surface area contributed by atoms with Crippen LogP contribution < -0.4 is 10.1 Å². The van der Waals surface area contributed by atoms with Gasteiger partial charge >= 0.3 is 5.97 Å². The fourth-order valence-corrected chi connectivity index (χ4v) is 1.61. The summed E-state index contributed by atoms with van der Waals surface area (Å²) in [6.45, 7) is 4.18. The number of carboxylic acids is 1. The molecule has 1 aromatic rings. The van der Waals surface area contributed by atoms with Crippen LogP contribution in [0.4, 0.5) is 0 Å². The molecule has 110 valence electrons. The first-order valence-corrected chi connectivity index (χ1v) is 6.76. The fourth-order valence-electron chi connectivity index (χ4n) is 1.61. The van der Waals surface area contributed by atoms with Gasteiger partial charge in [-0.15, -0.1) is 0 Å². The molecule has 0 radical (unpaired) electrons. The lowest BCUT2D eigenvalue weighted by Gasteiger charge is -2.09. The highest BCUT2D eigenvalue weighted by Crippen LogP contribution is 2.13. The van der Waals surface area contributed by atoms with Gasteiger partial charge in [0.15, 0.2) is 0 Å². The van der Waals surface area contributed by atoms with Crippen LogP contribution in [0.2, 0.25) is 0 Å². The number of aryl methyl sites for hydroxylation is 1. The van der Waals surface area contributed by atoms with Gasteiger partial charge in [0.2, 0.25) is 5.91 Å². The Hall–Kier alpha value is -2.04. The van der Waals surface area contributed by atoms with E-state index in [2.05, 4.69) is 5.32 Å². The number of hydrogen-bond donors (Lipinski definition) is 2. The zero-order chi connectivity index (χ0) is 15.0. The first-order valence-electron chi connectivity index (χ1n) is 6.76. The average molecular weight is 279 g/mol. The highest BCUT2D eigenvalue weighted by molar-refractivity contribution is 5.83. The molecule has 5 nitrogen and oxygen atoms in total. The van der Waals surface area contributed by atoms with Gasteiger partial charge in [-0.25, -0.2) is 0 Å². The number of amides is 1. The van der Waals surface area contributed by atoms with Gasteiger partial charge in [-0.3, -0.25) is 9.59 Å². The Morgan fingerprint density at radius 2 is 1.95 bits per heavy atom. The SMILES string of the molecule is CCCOc1ccc(CCC(=O)N[C@@H](C)C(=O)O)cc1. The van der Waals surface area contributed by atoms with E-state index in [0.29, 0.717) is 13.0 Å². The molecule has 1 atom stereocenters. The maximum atomic E-state index is 11.5. The van der Waals surface area contributed by atoms with Crippen LogP contribution in [0.1, 0.15) is 32.3 Å². The highest BCUT2D eigenvalue weighted by atomic mass is 16.5. The number of benzene rings is 1. The molecular weight excluding hydrogens is 258 g/mol. The lowest BCUT2D eigenvalue weighted by molar-refractivity contribution is -0.141. The van der Waals surface area contributed by atoms with Crippen molar-refractivity contribution in [3.63, 3.8) is 0 Å². The average Bonchev–Trinajstić information content (AvgIpc) is 2.43. The summed E-state index contributed by atoms with van der Waals surface area (Å²) in [6.07, 6.45) is 1.81. The molecule has 2 N–H and O–H groups in total. The molecule has 0 aromatic heterocycles. The molecule has 0 fully saturated rings. The molecule has 0 bridgehead atoms. The standard InChI is InChI=1S/C15H21NO4/c1-3-10-20-13-7-4-12(5-8-13)6-9-14(17)16-11(2)15(18)19/h4-5,7-8,11H,3,6,9-10H2,1-2H3,(H,16,17)(H,18,19)/t11-/m0/s1. The van der Waals surface area contributed by atoms with Crippen molar-refractivity contribution in [3.05, 3.63) is 29.8 Å². The topological polar surface area (TPSA) is 75.6 Å². The first-order chi connectivity index (χ1) is 9.52. The third kappa shape index (κ3) is 5.73. The van der Waals surface area contributed by atoms with Crippen molar-refractivity contribution in [1.29, 1.82) is 0 Å². The van der Waals surface area contributed by atoms with Crippen LogP contribution in [0, 0.1) is 0 Å². The summed E-state index contributed by atoms with van der Waals surface area (Å²) in [6, 6.07) is 6.73. The summed E-state index contributed by atoms with van der Waals surface area (Å²) in [4.78, 5) is 22.1. The molecular formula is C15H21NO4. The Kier molecular flexibility index (Phi) is 6.56. The van der Waals surface area contributed by atoms with E-state index in [4.69, 9.17) is 9.84 Å². The number of rotatable bonds is 8. The second-order valence-corrected chi connectivity index (χ2v) is 4.62. The predicted octanol–water partition coefficient (Wildman–Crippen LogP) is 2.00. The van der Waals surface area contributed by atoms with Gasteiger partial charge in [-0.1, -0.05) is 19.1 Å². The van der Waals surface area contributed by atoms with Gasteiger partial charge in [0.25, 0.3) is 0 Å². The van der Waals surface area contributed by atoms with E-state index in [0.717, 1.165) is 17.7 Å². The van der Waals surface area contributed by atoms with Gasteiger partial charge in [0, 0.05) is 6.42 Å². The predicted molar refractivity (Wildman–Crippen MR) is 75.8 cm³/mol. The minimum atomic E-state index is -1.03. The van der Waals surface area contributed by atoms with Crippen LogP contribution in [-0.2, 0) is 16.0 Å². The van der Waals surface area contributed by atoms with E-state index in [1.165, 1.54) is 6.92 Å². The fraction of sp³-hybridized carbons (Fsp3) is 0.467. The third-order valence-electron chi connectivity index (χ3n) is 2.78. The second kappa shape index (κ2) is 8.19. The molecule has 0 spiro atoms. The van der Waals surface area contributed by atoms with Crippen LogP contribution in [-0.4, -0.2) is 29.6 Å². The second-order valence-electron chi connectivity index (χ2n) is 4.62. The molecule has 1 amide bonds. The third-order valence-corrected chi connectivity index (χ3v) is 2.78. The Bertz CT molecular complexity index is 442. The lowest BCUT2D eigenvalue weighted by atomic mass is 10.1. The van der Waals surface area contributed by atoms with Crippen molar-refractivity contribution >= 4 is 11.9 Å². The van der Waals surface area contributed by atoms with E-state index in [1.54, 1.807) is 0 Å². The number of carboxylic acid groups (broad SMARTS) is 1. The normalized spacial score (nSPS) is 11.7. The molecule has 0 unspecified atom stereocenters. The maximum Gasteiger partial charge on any atom is 0.325 e. The van der Waals surface area contributed by atoms with Crippen molar-refractivity contribution in [2.75, 3.05) is 6.61 Å². The van der Waals surface area contributed by atoms with Crippen molar-refractivity contribution in [2.45, 2.75) is 39.2 Å². The highest BCUT2D eigenvalue weighted by Gasteiger charge is 2.13. The maximum absolute atomic E-state index is 11.5. The number of carbonyl (C=O) groups excluding carboxylic acids is 1. The van der Waals surface area contributed by atoms with E-state index in [1.807, 2.05) is 31.2 Å². The molecule has 0 heterocycles. The summed E-state index contributed by atoms with van der Waals surface area (Å²) in [5.74, 6) is -0.471. The van der Waals surface area contributed by atoms with Crippen molar-refractivity contribution in [1.82, 2.24) is 5.32 Å². The van der Waals surface area contributed by atoms with Crippen LogP contribution >= 0.6 is 0 Å². The van der Waals surface area contributed by atoms with Crippen LogP contribution in [0.5, 0.6) is 5.75 Å². The molecule has 0 aliphatic rings. The van der Waals surface area contributed by atoms with Gasteiger partial charge in [-0.05, 0) is 37.5 Å². The number of aliphatic carboxylic acids is 1. The molecule has 0 saturated heterocycles. The van der Waals surface area contributed by atoms with E-state index in [-0.39, 0.29) is 12.3 Å². The Morgan fingerprint density at radius 1 is 1.30 bits per heavy atom. The Labute approximate surface area is 118 Å². The summed E-state index contributed by atoms with van der Waals surface area (Å²) in [5.41, 5.74) is 1.02. The van der Waals surface area contributed by atoms with Crippen LogP contribution in [0.15, 0.2) is 24.3 Å². The van der Waals surface area contributed by atoms with Crippen LogP contribution in [0.3, 0.4) is 0 Å². The van der Waals surface area contributed by atoms with E-state index >= 15 is 0 Å². The Balaban J connectivity index is 2.38. The lowest BCUT2D eigenvalue weighted by Crippen LogP contribution is -2.38. The Morgan fingerprint density at radius 3 is 2.50 bits per heavy atom. The monoisotopic (exact) mass is 279 g/mol. The number of carbonyl (C=O) groups is 2. The minimum absolute atomic E-state index is 0.258. The molecule has 1 aromatic carbocycles. The van der Waals surface area contributed by atoms with E-state index in [9.17, 15) is 9.59 Å². The summed E-state index contributed by atoms with van der Waals surface area (Å²) < 4.78 is 5.47. The molecule has 0 aliphatic heterocycles. The minimum Gasteiger partial charge on any atom is -0.494 e. The quantitative estimate of drug-likeness (QED) is 0.763. The summed E-state index contributed by atoms with van der Waals surface area (Å²) in [7, 11) is 0. The number of hydrogen-bond acceptors (Lipinski definition) is 3. The van der Waals surface area contributed by atoms with Gasteiger partial charge in [0.05, 0.1) is 6.61 Å². The van der Waals surface area contributed by atoms with Gasteiger partial charge < -0.3 is 15.2 Å². The summed E-state index contributed by atoms with van der Waals surface area (Å²) >= 11 is 0. The molecule has 5 heteroatoms. The zero-order valence-corrected chi connectivity index (χ0v) is 11.9. The van der Waals surface area contributed by atoms with Crippen LogP contribution in [0.25, 0.3) is 0 Å². The zero-order valence-electron chi connectivity index (χ0n) is 11.9. The first kappa shape index (κ1) is 16.0. The molecule has 20 heavy (non-hydrogen) atoms. The number of nitrogens with one attached hydrogen (secondary N) is 1. The van der Waals surface area contributed by atoms with Crippen molar-refractivity contribution in [3.8, 4) is 5.75 Å². The van der Waals surface area contributed by atoms with Gasteiger partial charge in [0.1, 0.15) is 11.8 Å². The summed E-state index contributed by atoms with van der Waals surface area (Å²) in [5, 5.41) is 11.1.